The lowest BCUT2D eigenvalue weighted by atomic mass is 10.1. The maximum absolute atomic E-state index is 11.5. The molecule has 1 fully saturated rings. The van der Waals surface area contributed by atoms with Crippen LogP contribution in [0.1, 0.15) is 25.7 Å². The monoisotopic (exact) mass is 220 g/mol. The van der Waals surface area contributed by atoms with E-state index in [0.717, 1.165) is 12.8 Å². The SMILES string of the molecule is CNCCNS(=O)(=O)CC1CCCC1. The second-order valence-corrected chi connectivity index (χ2v) is 5.78. The molecule has 0 atom stereocenters. The average Bonchev–Trinajstić information content (AvgIpc) is 2.56. The molecule has 2 N–H and O–H groups in total. The van der Waals surface area contributed by atoms with Crippen molar-refractivity contribution in [2.45, 2.75) is 25.7 Å². The maximum atomic E-state index is 11.5. The van der Waals surface area contributed by atoms with Crippen LogP contribution in [0.5, 0.6) is 0 Å². The van der Waals surface area contributed by atoms with Crippen molar-refractivity contribution < 1.29 is 8.42 Å². The lowest BCUT2D eigenvalue weighted by molar-refractivity contribution is 0.546. The van der Waals surface area contributed by atoms with Crippen molar-refractivity contribution in [1.29, 1.82) is 0 Å². The zero-order valence-electron chi connectivity index (χ0n) is 8.75. The number of sulfonamides is 1. The van der Waals surface area contributed by atoms with Gasteiger partial charge in [0.1, 0.15) is 0 Å². The summed E-state index contributed by atoms with van der Waals surface area (Å²) in [5.41, 5.74) is 0. The smallest absolute Gasteiger partial charge is 0.211 e. The molecule has 14 heavy (non-hydrogen) atoms. The molecule has 0 aliphatic heterocycles. The van der Waals surface area contributed by atoms with Crippen LogP contribution in [0.25, 0.3) is 0 Å². The van der Waals surface area contributed by atoms with Crippen molar-refractivity contribution in [3.63, 3.8) is 0 Å². The predicted molar refractivity (Wildman–Crippen MR) is 57.7 cm³/mol. The highest BCUT2D eigenvalue weighted by molar-refractivity contribution is 7.89. The normalized spacial score (nSPS) is 18.9. The van der Waals surface area contributed by atoms with Crippen molar-refractivity contribution in [1.82, 2.24) is 10.0 Å². The minimum Gasteiger partial charge on any atom is -0.318 e. The van der Waals surface area contributed by atoms with Crippen molar-refractivity contribution in [2.75, 3.05) is 25.9 Å². The number of hydrogen-bond acceptors (Lipinski definition) is 3. The first-order valence-corrected chi connectivity index (χ1v) is 6.91. The van der Waals surface area contributed by atoms with Crippen LogP contribution in [-0.4, -0.2) is 34.3 Å². The van der Waals surface area contributed by atoms with Gasteiger partial charge in [-0.15, -0.1) is 0 Å². The summed E-state index contributed by atoms with van der Waals surface area (Å²) in [6.07, 6.45) is 4.54. The van der Waals surface area contributed by atoms with Crippen molar-refractivity contribution in [3.05, 3.63) is 0 Å². The van der Waals surface area contributed by atoms with E-state index in [1.54, 1.807) is 0 Å². The third-order valence-corrected chi connectivity index (χ3v) is 4.18. The Morgan fingerprint density at radius 1 is 1.21 bits per heavy atom. The highest BCUT2D eigenvalue weighted by Gasteiger charge is 2.21. The van der Waals surface area contributed by atoms with Gasteiger partial charge in [0, 0.05) is 13.1 Å². The Hall–Kier alpha value is -0.130. The van der Waals surface area contributed by atoms with Crippen LogP contribution in [0.15, 0.2) is 0 Å². The summed E-state index contributed by atoms with van der Waals surface area (Å²) in [4.78, 5) is 0. The third kappa shape index (κ3) is 4.39. The predicted octanol–water partition coefficient (Wildman–Crippen LogP) is 0.315. The van der Waals surface area contributed by atoms with Crippen LogP contribution in [0.4, 0.5) is 0 Å². The molecule has 0 aromatic rings. The fraction of sp³-hybridized carbons (Fsp3) is 1.00. The van der Waals surface area contributed by atoms with Crippen LogP contribution >= 0.6 is 0 Å². The highest BCUT2D eigenvalue weighted by Crippen LogP contribution is 2.25. The van der Waals surface area contributed by atoms with E-state index in [1.807, 2.05) is 7.05 Å². The fourth-order valence-electron chi connectivity index (χ4n) is 1.88. The molecule has 0 bridgehead atoms. The molecular weight excluding hydrogens is 200 g/mol. The fourth-order valence-corrected chi connectivity index (χ4v) is 3.36. The molecule has 1 aliphatic carbocycles. The van der Waals surface area contributed by atoms with Crippen molar-refractivity contribution in [2.24, 2.45) is 5.92 Å². The molecule has 1 rings (SSSR count). The summed E-state index contributed by atoms with van der Waals surface area (Å²) in [5, 5.41) is 2.91. The maximum Gasteiger partial charge on any atom is 0.211 e. The van der Waals surface area contributed by atoms with Crippen LogP contribution in [0, 0.1) is 5.92 Å². The van der Waals surface area contributed by atoms with Gasteiger partial charge in [0.15, 0.2) is 0 Å². The Morgan fingerprint density at radius 2 is 1.86 bits per heavy atom. The molecule has 0 saturated heterocycles. The van der Waals surface area contributed by atoms with E-state index < -0.39 is 10.0 Å². The molecule has 84 valence electrons. The largest absolute Gasteiger partial charge is 0.318 e. The van der Waals surface area contributed by atoms with E-state index in [1.165, 1.54) is 12.8 Å². The Bertz CT molecular complexity index is 246. The van der Waals surface area contributed by atoms with Crippen molar-refractivity contribution >= 4 is 10.0 Å². The summed E-state index contributed by atoms with van der Waals surface area (Å²) >= 11 is 0. The molecule has 0 unspecified atom stereocenters. The van der Waals surface area contributed by atoms with Crippen LogP contribution in [-0.2, 0) is 10.0 Å². The van der Waals surface area contributed by atoms with E-state index in [9.17, 15) is 8.42 Å². The lowest BCUT2D eigenvalue weighted by Gasteiger charge is -2.10. The summed E-state index contributed by atoms with van der Waals surface area (Å²) < 4.78 is 25.6. The Morgan fingerprint density at radius 3 is 2.43 bits per heavy atom. The second kappa shape index (κ2) is 5.68. The molecule has 5 heteroatoms. The Labute approximate surface area is 86.5 Å². The van der Waals surface area contributed by atoms with Crippen LogP contribution < -0.4 is 10.0 Å². The zero-order valence-corrected chi connectivity index (χ0v) is 9.57. The van der Waals surface area contributed by atoms with E-state index in [2.05, 4.69) is 10.0 Å². The van der Waals surface area contributed by atoms with Gasteiger partial charge in [-0.1, -0.05) is 12.8 Å². The standard InChI is InChI=1S/C9H20N2O2S/c1-10-6-7-11-14(12,13)8-9-4-2-3-5-9/h9-11H,2-8H2,1H3. The molecule has 1 aliphatic rings. The third-order valence-electron chi connectivity index (χ3n) is 2.63. The van der Waals surface area contributed by atoms with Crippen LogP contribution in [0.3, 0.4) is 0 Å². The number of hydrogen-bond donors (Lipinski definition) is 2. The van der Waals surface area contributed by atoms with Gasteiger partial charge in [0.25, 0.3) is 0 Å². The van der Waals surface area contributed by atoms with Gasteiger partial charge >= 0.3 is 0 Å². The minimum atomic E-state index is -3.03. The van der Waals surface area contributed by atoms with Gasteiger partial charge < -0.3 is 5.32 Å². The van der Waals surface area contributed by atoms with E-state index >= 15 is 0 Å². The highest BCUT2D eigenvalue weighted by atomic mass is 32.2. The molecule has 0 heterocycles. The van der Waals surface area contributed by atoms with E-state index in [0.29, 0.717) is 24.8 Å². The molecule has 1 saturated carbocycles. The Balaban J connectivity index is 2.26. The van der Waals surface area contributed by atoms with Gasteiger partial charge in [0.2, 0.25) is 10.0 Å². The first kappa shape index (κ1) is 11.9. The summed E-state index contributed by atoms with van der Waals surface area (Å²) in [6.45, 7) is 1.18. The second-order valence-electron chi connectivity index (χ2n) is 3.93. The average molecular weight is 220 g/mol. The van der Waals surface area contributed by atoms with Crippen molar-refractivity contribution in [3.8, 4) is 0 Å². The topological polar surface area (TPSA) is 58.2 Å². The van der Waals surface area contributed by atoms with Gasteiger partial charge in [-0.2, -0.15) is 0 Å². The molecule has 0 spiro atoms. The zero-order chi connectivity index (χ0) is 10.4. The molecule has 0 aromatic carbocycles. The molecule has 0 aromatic heterocycles. The molecular formula is C9H20N2O2S. The molecule has 0 amide bonds. The minimum absolute atomic E-state index is 0.316. The van der Waals surface area contributed by atoms with Gasteiger partial charge in [-0.25, -0.2) is 13.1 Å². The van der Waals surface area contributed by atoms with Gasteiger partial charge in [-0.05, 0) is 25.8 Å². The van der Waals surface area contributed by atoms with Gasteiger partial charge in [-0.3, -0.25) is 0 Å². The number of nitrogens with one attached hydrogen (secondary N) is 2. The first-order valence-electron chi connectivity index (χ1n) is 5.26. The molecule has 0 radical (unpaired) electrons. The number of likely N-dealkylation sites (N-methyl/N-ethyl adjacent to an activating group) is 1. The van der Waals surface area contributed by atoms with E-state index in [-0.39, 0.29) is 0 Å². The number of rotatable bonds is 6. The van der Waals surface area contributed by atoms with Gasteiger partial charge in [0.05, 0.1) is 5.75 Å². The molecule has 4 nitrogen and oxygen atoms in total. The lowest BCUT2D eigenvalue weighted by Crippen LogP contribution is -2.33. The van der Waals surface area contributed by atoms with Crippen LogP contribution in [0.2, 0.25) is 0 Å². The van der Waals surface area contributed by atoms with E-state index in [4.69, 9.17) is 0 Å². The quantitative estimate of drug-likeness (QED) is 0.634. The Kier molecular flexibility index (Phi) is 4.84. The summed E-state index contributed by atoms with van der Waals surface area (Å²) in [7, 11) is -1.22. The summed E-state index contributed by atoms with van der Waals surface area (Å²) in [6, 6.07) is 0. The summed E-state index contributed by atoms with van der Waals surface area (Å²) in [5.74, 6) is 0.707. The first-order chi connectivity index (χ1) is 6.64.